The van der Waals surface area contributed by atoms with Crippen LogP contribution in [0.25, 0.3) is 10.2 Å². The number of benzene rings is 1. The summed E-state index contributed by atoms with van der Waals surface area (Å²) in [6.45, 7) is 8.57. The van der Waals surface area contributed by atoms with Crippen molar-refractivity contribution >= 4 is 33.4 Å². The van der Waals surface area contributed by atoms with E-state index in [-0.39, 0.29) is 30.0 Å². The van der Waals surface area contributed by atoms with Gasteiger partial charge in [0.1, 0.15) is 11.4 Å². The number of nitrogens with one attached hydrogen (secondary N) is 1. The van der Waals surface area contributed by atoms with Crippen molar-refractivity contribution < 1.29 is 9.59 Å². The number of carbonyl (C=O) groups is 2. The van der Waals surface area contributed by atoms with Crippen LogP contribution < -0.4 is 10.9 Å². The Morgan fingerprint density at radius 3 is 2.50 bits per heavy atom. The number of rotatable bonds is 7. The fourth-order valence-electron chi connectivity index (χ4n) is 3.40. The molecule has 0 saturated heterocycles. The minimum atomic E-state index is -0.301. The third-order valence-electron chi connectivity index (χ3n) is 5.19. The van der Waals surface area contributed by atoms with Gasteiger partial charge in [0.2, 0.25) is 5.91 Å². The Morgan fingerprint density at radius 1 is 1.20 bits per heavy atom. The number of hydrogen-bond acceptors (Lipinski definition) is 5. The molecule has 1 N–H and O–H groups in total. The van der Waals surface area contributed by atoms with Crippen LogP contribution in [0.5, 0.6) is 0 Å². The molecular formula is C22H26N4O3S. The van der Waals surface area contributed by atoms with Gasteiger partial charge in [0.25, 0.3) is 11.5 Å². The van der Waals surface area contributed by atoms with Gasteiger partial charge in [-0.25, -0.2) is 4.98 Å². The lowest BCUT2D eigenvalue weighted by atomic mass is 10.1. The lowest BCUT2D eigenvalue weighted by molar-refractivity contribution is -0.131. The average molecular weight is 427 g/mol. The number of thiophene rings is 1. The number of likely N-dealkylation sites (N-methyl/N-ethyl adjacent to an activating group) is 1. The molecule has 8 heteroatoms. The molecule has 0 aliphatic heterocycles. The Labute approximate surface area is 179 Å². The van der Waals surface area contributed by atoms with Crippen molar-refractivity contribution in [3.05, 3.63) is 63.0 Å². The van der Waals surface area contributed by atoms with E-state index in [1.54, 1.807) is 11.8 Å². The molecule has 30 heavy (non-hydrogen) atoms. The number of aromatic nitrogens is 2. The summed E-state index contributed by atoms with van der Waals surface area (Å²) in [6, 6.07) is 9.52. The van der Waals surface area contributed by atoms with Gasteiger partial charge >= 0.3 is 0 Å². The highest BCUT2D eigenvalue weighted by molar-refractivity contribution is 7.20. The van der Waals surface area contributed by atoms with Gasteiger partial charge in [-0.05, 0) is 38.8 Å². The Morgan fingerprint density at radius 2 is 1.87 bits per heavy atom. The van der Waals surface area contributed by atoms with Crippen molar-refractivity contribution in [2.45, 2.75) is 40.3 Å². The fourth-order valence-corrected chi connectivity index (χ4v) is 4.44. The van der Waals surface area contributed by atoms with Crippen LogP contribution in [-0.4, -0.2) is 39.4 Å². The number of aryl methyl sites for hydroxylation is 1. The first-order chi connectivity index (χ1) is 14.4. The van der Waals surface area contributed by atoms with E-state index in [2.05, 4.69) is 10.3 Å². The quantitative estimate of drug-likeness (QED) is 0.629. The summed E-state index contributed by atoms with van der Waals surface area (Å²) < 4.78 is 1.32. The molecule has 158 valence electrons. The van der Waals surface area contributed by atoms with E-state index in [0.717, 1.165) is 5.56 Å². The summed E-state index contributed by atoms with van der Waals surface area (Å²) in [4.78, 5) is 45.2. The zero-order chi connectivity index (χ0) is 21.8. The number of fused-ring (bicyclic) bond motifs is 1. The van der Waals surface area contributed by atoms with Crippen LogP contribution in [0.2, 0.25) is 0 Å². The van der Waals surface area contributed by atoms with E-state index < -0.39 is 0 Å². The Balaban J connectivity index is 1.88. The van der Waals surface area contributed by atoms with Crippen LogP contribution in [0.4, 0.5) is 0 Å². The topological polar surface area (TPSA) is 84.3 Å². The average Bonchev–Trinajstić information content (AvgIpc) is 3.09. The van der Waals surface area contributed by atoms with Crippen molar-refractivity contribution in [1.82, 2.24) is 19.8 Å². The van der Waals surface area contributed by atoms with Gasteiger partial charge < -0.3 is 10.2 Å². The minimum Gasteiger partial charge on any atom is -0.345 e. The molecule has 0 fully saturated rings. The third kappa shape index (κ3) is 4.28. The van der Waals surface area contributed by atoms with Crippen LogP contribution in [0.1, 0.15) is 47.6 Å². The van der Waals surface area contributed by atoms with Crippen LogP contribution >= 0.6 is 11.3 Å². The molecule has 3 rings (SSSR count). The molecule has 0 aliphatic rings. The number of carbonyl (C=O) groups excluding carboxylic acids is 2. The zero-order valence-corrected chi connectivity index (χ0v) is 18.5. The summed E-state index contributed by atoms with van der Waals surface area (Å²) in [5.74, 6) is -0.372. The van der Waals surface area contributed by atoms with Gasteiger partial charge in [-0.3, -0.25) is 19.0 Å². The van der Waals surface area contributed by atoms with Gasteiger partial charge in [0.05, 0.1) is 22.6 Å². The zero-order valence-electron chi connectivity index (χ0n) is 17.6. The van der Waals surface area contributed by atoms with Crippen molar-refractivity contribution in [1.29, 1.82) is 0 Å². The second kappa shape index (κ2) is 9.21. The molecule has 3 aromatic rings. The van der Waals surface area contributed by atoms with Gasteiger partial charge in [-0.2, -0.15) is 0 Å². The van der Waals surface area contributed by atoms with E-state index in [9.17, 15) is 14.4 Å². The van der Waals surface area contributed by atoms with Crippen LogP contribution in [0, 0.1) is 6.92 Å². The molecule has 0 aliphatic carbocycles. The van der Waals surface area contributed by atoms with Gasteiger partial charge in [-0.15, -0.1) is 11.3 Å². The van der Waals surface area contributed by atoms with E-state index in [0.29, 0.717) is 33.7 Å². The lowest BCUT2D eigenvalue weighted by Gasteiger charge is -2.18. The SMILES string of the molecule is CCN(CC)C(=O)Cn1cnc2sc(C(=O)NC(C)c3ccccc3)c(C)c2c1=O. The van der Waals surface area contributed by atoms with Crippen molar-refractivity contribution in [2.24, 2.45) is 0 Å². The number of nitrogens with zero attached hydrogens (tertiary/aromatic N) is 3. The number of amides is 2. The summed E-state index contributed by atoms with van der Waals surface area (Å²) in [5, 5.41) is 3.38. The first kappa shape index (κ1) is 21.7. The molecule has 1 aromatic carbocycles. The first-order valence-electron chi connectivity index (χ1n) is 9.99. The monoisotopic (exact) mass is 426 g/mol. The maximum Gasteiger partial charge on any atom is 0.262 e. The first-order valence-corrected chi connectivity index (χ1v) is 10.8. The highest BCUT2D eigenvalue weighted by Gasteiger charge is 2.22. The largest absolute Gasteiger partial charge is 0.345 e. The standard InChI is InChI=1S/C22H26N4O3S/c1-5-25(6-2)17(27)12-26-13-23-21-18(22(26)29)14(3)19(30-21)20(28)24-15(4)16-10-8-7-9-11-16/h7-11,13,15H,5-6,12H2,1-4H3,(H,24,28). The van der Waals surface area contributed by atoms with Gasteiger partial charge in [0, 0.05) is 13.1 Å². The second-order valence-electron chi connectivity index (χ2n) is 7.09. The van der Waals surface area contributed by atoms with Crippen molar-refractivity contribution in [2.75, 3.05) is 13.1 Å². The second-order valence-corrected chi connectivity index (χ2v) is 8.08. The molecule has 0 bridgehead atoms. The van der Waals surface area contributed by atoms with Crippen LogP contribution in [-0.2, 0) is 11.3 Å². The predicted molar refractivity (Wildman–Crippen MR) is 119 cm³/mol. The van der Waals surface area contributed by atoms with Crippen molar-refractivity contribution in [3.63, 3.8) is 0 Å². The van der Waals surface area contributed by atoms with Crippen LogP contribution in [0.15, 0.2) is 41.5 Å². The fraction of sp³-hybridized carbons (Fsp3) is 0.364. The Bertz CT molecular complexity index is 1120. The van der Waals surface area contributed by atoms with Crippen molar-refractivity contribution in [3.8, 4) is 0 Å². The molecule has 7 nitrogen and oxygen atoms in total. The molecule has 0 spiro atoms. The molecule has 2 heterocycles. The highest BCUT2D eigenvalue weighted by Crippen LogP contribution is 2.27. The normalized spacial score (nSPS) is 12.0. The van der Waals surface area contributed by atoms with E-state index in [4.69, 9.17) is 0 Å². The third-order valence-corrected chi connectivity index (χ3v) is 6.39. The predicted octanol–water partition coefficient (Wildman–Crippen LogP) is 3.13. The molecule has 2 amide bonds. The van der Waals surface area contributed by atoms with Gasteiger partial charge in [0.15, 0.2) is 0 Å². The smallest absolute Gasteiger partial charge is 0.262 e. The summed E-state index contributed by atoms with van der Waals surface area (Å²) >= 11 is 1.19. The molecule has 1 atom stereocenters. The van der Waals surface area contributed by atoms with Crippen LogP contribution in [0.3, 0.4) is 0 Å². The molecular weight excluding hydrogens is 400 g/mol. The maximum atomic E-state index is 13.0. The van der Waals surface area contributed by atoms with Gasteiger partial charge in [-0.1, -0.05) is 30.3 Å². The molecule has 1 unspecified atom stereocenters. The number of hydrogen-bond donors (Lipinski definition) is 1. The Hall–Kier alpha value is -3.00. The molecule has 2 aromatic heterocycles. The lowest BCUT2D eigenvalue weighted by Crippen LogP contribution is -2.36. The minimum absolute atomic E-state index is 0.0642. The van der Waals surface area contributed by atoms with E-state index in [1.807, 2.05) is 51.1 Å². The molecule has 0 radical (unpaired) electrons. The Kier molecular flexibility index (Phi) is 6.66. The maximum absolute atomic E-state index is 13.0. The van der Waals surface area contributed by atoms with E-state index >= 15 is 0 Å². The summed E-state index contributed by atoms with van der Waals surface area (Å²) in [6.07, 6.45) is 1.39. The summed E-state index contributed by atoms with van der Waals surface area (Å²) in [5.41, 5.74) is 1.29. The highest BCUT2D eigenvalue weighted by atomic mass is 32.1. The molecule has 0 saturated carbocycles. The van der Waals surface area contributed by atoms with E-state index in [1.165, 1.54) is 22.2 Å². The summed E-state index contributed by atoms with van der Waals surface area (Å²) in [7, 11) is 0.